The standard InChI is InChI=1S/C13H17BrN2O3S2/c1-2-7-15-13(17)10-4-3-8-16(9-10)21(18,19)12-6-5-11(14)20-12/h2,5-6,10H,1,3-4,7-9H2,(H,15,17)/t10-/m1/s1. The van der Waals surface area contributed by atoms with Crippen LogP contribution in [0.15, 0.2) is 32.8 Å². The van der Waals surface area contributed by atoms with Crippen LogP contribution < -0.4 is 5.32 Å². The summed E-state index contributed by atoms with van der Waals surface area (Å²) in [6.45, 7) is 4.65. The minimum Gasteiger partial charge on any atom is -0.352 e. The van der Waals surface area contributed by atoms with Crippen LogP contribution in [0.25, 0.3) is 0 Å². The number of carbonyl (C=O) groups is 1. The maximum Gasteiger partial charge on any atom is 0.252 e. The number of hydrogen-bond acceptors (Lipinski definition) is 4. The van der Waals surface area contributed by atoms with E-state index in [0.717, 1.165) is 3.79 Å². The summed E-state index contributed by atoms with van der Waals surface area (Å²) in [5.41, 5.74) is 0. The van der Waals surface area contributed by atoms with Gasteiger partial charge in [-0.1, -0.05) is 6.08 Å². The van der Waals surface area contributed by atoms with Gasteiger partial charge in [-0.25, -0.2) is 8.42 Å². The Hall–Kier alpha value is -0.700. The lowest BCUT2D eigenvalue weighted by Crippen LogP contribution is -2.45. The van der Waals surface area contributed by atoms with Crippen molar-refractivity contribution in [2.45, 2.75) is 17.1 Å². The molecule has 1 aromatic rings. The van der Waals surface area contributed by atoms with Crippen molar-refractivity contribution in [3.8, 4) is 0 Å². The average Bonchev–Trinajstić information content (AvgIpc) is 2.92. The van der Waals surface area contributed by atoms with Gasteiger partial charge in [-0.15, -0.1) is 17.9 Å². The molecule has 21 heavy (non-hydrogen) atoms. The third kappa shape index (κ3) is 3.94. The monoisotopic (exact) mass is 392 g/mol. The van der Waals surface area contributed by atoms with Gasteiger partial charge in [0.15, 0.2) is 0 Å². The van der Waals surface area contributed by atoms with Gasteiger partial charge in [0.25, 0.3) is 10.0 Å². The van der Waals surface area contributed by atoms with E-state index in [1.165, 1.54) is 15.6 Å². The summed E-state index contributed by atoms with van der Waals surface area (Å²) < 4.78 is 27.6. The molecule has 0 spiro atoms. The Morgan fingerprint density at radius 2 is 2.33 bits per heavy atom. The third-order valence-corrected chi connectivity index (χ3v) is 7.27. The zero-order valence-electron chi connectivity index (χ0n) is 11.4. The van der Waals surface area contributed by atoms with Crippen LogP contribution in [0.1, 0.15) is 12.8 Å². The number of halogens is 1. The molecular weight excluding hydrogens is 376 g/mol. The largest absolute Gasteiger partial charge is 0.352 e. The molecule has 1 atom stereocenters. The number of amides is 1. The molecule has 0 bridgehead atoms. The van der Waals surface area contributed by atoms with E-state index in [4.69, 9.17) is 0 Å². The minimum absolute atomic E-state index is 0.109. The molecule has 8 heteroatoms. The zero-order chi connectivity index (χ0) is 15.5. The van der Waals surface area contributed by atoms with Crippen LogP contribution in [0.5, 0.6) is 0 Å². The number of nitrogens with zero attached hydrogens (tertiary/aromatic N) is 1. The van der Waals surface area contributed by atoms with E-state index in [-0.39, 0.29) is 18.4 Å². The molecule has 0 aromatic carbocycles. The van der Waals surface area contributed by atoms with Crippen molar-refractivity contribution in [1.29, 1.82) is 0 Å². The van der Waals surface area contributed by atoms with Crippen LogP contribution >= 0.6 is 27.3 Å². The normalized spacial score (nSPS) is 20.1. The zero-order valence-corrected chi connectivity index (χ0v) is 14.6. The summed E-state index contributed by atoms with van der Waals surface area (Å²) >= 11 is 4.46. The summed E-state index contributed by atoms with van der Waals surface area (Å²) in [5, 5.41) is 2.73. The molecule has 1 aromatic heterocycles. The van der Waals surface area contributed by atoms with E-state index in [1.54, 1.807) is 18.2 Å². The smallest absolute Gasteiger partial charge is 0.252 e. The Morgan fingerprint density at radius 1 is 1.57 bits per heavy atom. The van der Waals surface area contributed by atoms with Gasteiger partial charge in [0.05, 0.1) is 9.70 Å². The molecule has 1 aliphatic rings. The fourth-order valence-electron chi connectivity index (χ4n) is 2.26. The summed E-state index contributed by atoms with van der Waals surface area (Å²) in [4.78, 5) is 12.0. The van der Waals surface area contributed by atoms with E-state index in [1.807, 2.05) is 0 Å². The van der Waals surface area contributed by atoms with Crippen LogP contribution in [0, 0.1) is 5.92 Å². The summed E-state index contributed by atoms with van der Waals surface area (Å²) in [7, 11) is -3.51. The quantitative estimate of drug-likeness (QED) is 0.781. The maximum absolute atomic E-state index is 12.6. The van der Waals surface area contributed by atoms with Crippen molar-refractivity contribution >= 4 is 43.2 Å². The molecule has 1 fully saturated rings. The van der Waals surface area contributed by atoms with Gasteiger partial charge in [-0.05, 0) is 40.9 Å². The Balaban J connectivity index is 2.10. The Kier molecular flexibility index (Phi) is 5.59. The third-order valence-electron chi connectivity index (χ3n) is 3.32. The Labute approximate surface area is 137 Å². The molecule has 0 saturated carbocycles. The van der Waals surface area contributed by atoms with Crippen molar-refractivity contribution < 1.29 is 13.2 Å². The Bertz CT molecular complexity index is 627. The molecule has 1 N–H and O–H groups in total. The summed E-state index contributed by atoms with van der Waals surface area (Å²) in [5.74, 6) is -0.404. The number of piperidine rings is 1. The van der Waals surface area contributed by atoms with Crippen LogP contribution in [0.3, 0.4) is 0 Å². The predicted octanol–water partition coefficient (Wildman–Crippen LogP) is 2.21. The molecule has 1 amide bonds. The number of carbonyl (C=O) groups excluding carboxylic acids is 1. The van der Waals surface area contributed by atoms with E-state index in [0.29, 0.717) is 30.1 Å². The highest BCUT2D eigenvalue weighted by atomic mass is 79.9. The van der Waals surface area contributed by atoms with Gasteiger partial charge < -0.3 is 5.32 Å². The lowest BCUT2D eigenvalue weighted by Gasteiger charge is -2.30. The van der Waals surface area contributed by atoms with E-state index in [9.17, 15) is 13.2 Å². The van der Waals surface area contributed by atoms with E-state index in [2.05, 4.69) is 27.8 Å². The van der Waals surface area contributed by atoms with Crippen LogP contribution in [-0.4, -0.2) is 38.3 Å². The van der Waals surface area contributed by atoms with Crippen molar-refractivity contribution in [3.63, 3.8) is 0 Å². The van der Waals surface area contributed by atoms with Crippen molar-refractivity contribution in [2.75, 3.05) is 19.6 Å². The first-order chi connectivity index (χ1) is 9.95. The number of rotatable bonds is 5. The molecule has 0 unspecified atom stereocenters. The molecule has 2 rings (SSSR count). The maximum atomic E-state index is 12.6. The van der Waals surface area contributed by atoms with E-state index < -0.39 is 10.0 Å². The molecular formula is C13H17BrN2O3S2. The molecule has 2 heterocycles. The highest BCUT2D eigenvalue weighted by Crippen LogP contribution is 2.30. The molecule has 1 aliphatic heterocycles. The Morgan fingerprint density at radius 3 is 2.95 bits per heavy atom. The fraction of sp³-hybridized carbons (Fsp3) is 0.462. The average molecular weight is 393 g/mol. The second kappa shape index (κ2) is 7.04. The second-order valence-corrected chi connectivity index (χ2v) is 9.42. The lowest BCUT2D eigenvalue weighted by molar-refractivity contribution is -0.125. The highest BCUT2D eigenvalue weighted by Gasteiger charge is 2.33. The topological polar surface area (TPSA) is 66.5 Å². The summed E-state index contributed by atoms with van der Waals surface area (Å²) in [6, 6.07) is 3.31. The number of hydrogen-bond donors (Lipinski definition) is 1. The van der Waals surface area contributed by atoms with Gasteiger partial charge in [-0.3, -0.25) is 4.79 Å². The van der Waals surface area contributed by atoms with Gasteiger partial charge in [0.1, 0.15) is 4.21 Å². The molecule has 1 saturated heterocycles. The number of thiophene rings is 1. The minimum atomic E-state index is -3.51. The highest BCUT2D eigenvalue weighted by molar-refractivity contribution is 9.11. The summed E-state index contributed by atoms with van der Waals surface area (Å²) in [6.07, 6.45) is 3.01. The molecule has 116 valence electrons. The van der Waals surface area contributed by atoms with Gasteiger partial charge in [-0.2, -0.15) is 4.31 Å². The molecule has 0 radical (unpaired) electrons. The first-order valence-corrected chi connectivity index (χ1v) is 9.64. The lowest BCUT2D eigenvalue weighted by atomic mass is 9.99. The van der Waals surface area contributed by atoms with E-state index >= 15 is 0 Å². The first-order valence-electron chi connectivity index (χ1n) is 6.59. The van der Waals surface area contributed by atoms with Crippen LogP contribution in [0.2, 0.25) is 0 Å². The first kappa shape index (κ1) is 16.7. The van der Waals surface area contributed by atoms with Crippen LogP contribution in [0.4, 0.5) is 0 Å². The molecule has 5 nitrogen and oxygen atoms in total. The van der Waals surface area contributed by atoms with Crippen molar-refractivity contribution in [2.24, 2.45) is 5.92 Å². The van der Waals surface area contributed by atoms with Crippen molar-refractivity contribution in [3.05, 3.63) is 28.6 Å². The van der Waals surface area contributed by atoms with Gasteiger partial charge in [0.2, 0.25) is 5.91 Å². The van der Waals surface area contributed by atoms with Crippen molar-refractivity contribution in [1.82, 2.24) is 9.62 Å². The second-order valence-electron chi connectivity index (χ2n) is 4.79. The molecule has 0 aliphatic carbocycles. The number of sulfonamides is 1. The SMILES string of the molecule is C=CCNC(=O)[C@@H]1CCCN(S(=O)(=O)c2ccc(Br)s2)C1. The number of nitrogens with one attached hydrogen (secondary N) is 1. The van der Waals surface area contributed by atoms with Gasteiger partial charge in [0, 0.05) is 19.6 Å². The fourth-order valence-corrected chi connectivity index (χ4v) is 5.94. The van der Waals surface area contributed by atoms with Gasteiger partial charge >= 0.3 is 0 Å². The van der Waals surface area contributed by atoms with Crippen LogP contribution in [-0.2, 0) is 14.8 Å². The predicted molar refractivity (Wildman–Crippen MR) is 86.7 cm³/mol.